The van der Waals surface area contributed by atoms with E-state index < -0.39 is 0 Å². The lowest BCUT2D eigenvalue weighted by molar-refractivity contribution is -0.111. The van der Waals surface area contributed by atoms with Crippen molar-refractivity contribution in [2.24, 2.45) is 0 Å². The summed E-state index contributed by atoms with van der Waals surface area (Å²) in [6, 6.07) is 14.6. The van der Waals surface area contributed by atoms with Crippen molar-refractivity contribution in [3.05, 3.63) is 77.2 Å². The molecule has 0 spiro atoms. The van der Waals surface area contributed by atoms with E-state index in [0.717, 1.165) is 54.3 Å². The molecule has 0 saturated carbocycles. The first-order valence-corrected chi connectivity index (χ1v) is 15.3. The molecule has 2 aliphatic heterocycles. The predicted octanol–water partition coefficient (Wildman–Crippen LogP) is 3.86. The van der Waals surface area contributed by atoms with Gasteiger partial charge in [-0.25, -0.2) is 9.97 Å². The van der Waals surface area contributed by atoms with E-state index in [2.05, 4.69) is 27.8 Å². The fourth-order valence-electron chi connectivity index (χ4n) is 5.49. The minimum atomic E-state index is -0.290. The highest BCUT2D eigenvalue weighted by Crippen LogP contribution is 2.36. The Kier molecular flexibility index (Phi) is 8.64. The summed E-state index contributed by atoms with van der Waals surface area (Å²) in [7, 11) is 0. The van der Waals surface area contributed by atoms with Crippen molar-refractivity contribution in [3.8, 4) is 11.4 Å². The molecule has 2 aromatic heterocycles. The second-order valence-corrected chi connectivity index (χ2v) is 11.8. The quantitative estimate of drug-likeness (QED) is 0.155. The van der Waals surface area contributed by atoms with Gasteiger partial charge in [0.15, 0.2) is 11.6 Å². The Labute approximate surface area is 259 Å². The lowest BCUT2D eigenvalue weighted by Crippen LogP contribution is -2.48. The zero-order valence-electron chi connectivity index (χ0n) is 24.3. The Balaban J connectivity index is 1.18. The zero-order chi connectivity index (χ0) is 30.6. The van der Waals surface area contributed by atoms with Crippen LogP contribution in [0.2, 0.25) is 0 Å². The number of ether oxygens (including phenoxy) is 1. The minimum Gasteiger partial charge on any atom is -0.398 e. The van der Waals surface area contributed by atoms with Gasteiger partial charge in [0, 0.05) is 85.0 Å². The van der Waals surface area contributed by atoms with Crippen LogP contribution in [0.5, 0.6) is 0 Å². The molecule has 0 atom stereocenters. The van der Waals surface area contributed by atoms with Crippen molar-refractivity contribution >= 4 is 56.8 Å². The highest BCUT2D eigenvalue weighted by molar-refractivity contribution is 7.19. The van der Waals surface area contributed by atoms with Gasteiger partial charge in [0.2, 0.25) is 5.91 Å². The second-order valence-electron chi connectivity index (χ2n) is 10.7. The van der Waals surface area contributed by atoms with Crippen molar-refractivity contribution in [2.45, 2.75) is 6.54 Å². The molecule has 2 aliphatic rings. The molecule has 44 heavy (non-hydrogen) atoms. The van der Waals surface area contributed by atoms with E-state index in [4.69, 9.17) is 25.8 Å². The number of rotatable bonds is 8. The summed E-state index contributed by atoms with van der Waals surface area (Å²) >= 11 is 1.70. The van der Waals surface area contributed by atoms with Crippen LogP contribution in [0.1, 0.15) is 20.8 Å². The maximum absolute atomic E-state index is 13.1. The van der Waals surface area contributed by atoms with Gasteiger partial charge in [-0.2, -0.15) is 0 Å². The molecule has 0 radical (unpaired) electrons. The fraction of sp³-hybridized carbons (Fsp3) is 0.281. The monoisotopic (exact) mass is 610 g/mol. The number of fused-ring (bicyclic) bond motifs is 1. The van der Waals surface area contributed by atoms with E-state index >= 15 is 0 Å². The molecule has 2 fully saturated rings. The first-order chi connectivity index (χ1) is 21.4. The minimum absolute atomic E-state index is 0.0168. The summed E-state index contributed by atoms with van der Waals surface area (Å²) in [5.41, 5.74) is 10.1. The van der Waals surface area contributed by atoms with E-state index in [-0.39, 0.29) is 11.8 Å². The third kappa shape index (κ3) is 6.18. The molecule has 226 valence electrons. The Bertz CT molecular complexity index is 1710. The number of hydrogen-bond donors (Lipinski definition) is 3. The number of morpholine rings is 1. The number of carbonyl (C=O) groups excluding carboxylic acids is 2. The van der Waals surface area contributed by atoms with Crippen molar-refractivity contribution < 1.29 is 14.3 Å². The summed E-state index contributed by atoms with van der Waals surface area (Å²) in [6.45, 7) is 9.75. The van der Waals surface area contributed by atoms with Crippen LogP contribution in [-0.4, -0.2) is 90.3 Å². The first kappa shape index (κ1) is 29.4. The second kappa shape index (κ2) is 12.9. The maximum Gasteiger partial charge on any atom is 0.253 e. The number of nitrogens with one attached hydrogen (secondary N) is 2. The molecule has 6 rings (SSSR count). The third-order valence-corrected chi connectivity index (χ3v) is 8.97. The van der Waals surface area contributed by atoms with Crippen LogP contribution < -0.4 is 16.0 Å². The third-order valence-electron chi connectivity index (χ3n) is 7.86. The summed E-state index contributed by atoms with van der Waals surface area (Å²) in [5.74, 6) is 1.13. The van der Waals surface area contributed by atoms with Gasteiger partial charge in [-0.15, -0.1) is 11.3 Å². The van der Waals surface area contributed by atoms with Gasteiger partial charge >= 0.3 is 0 Å². The van der Waals surface area contributed by atoms with E-state index in [9.17, 15) is 9.59 Å². The van der Waals surface area contributed by atoms with Crippen LogP contribution in [0.15, 0.2) is 61.2 Å². The van der Waals surface area contributed by atoms with Gasteiger partial charge in [-0.05, 0) is 42.5 Å². The van der Waals surface area contributed by atoms with Crippen molar-refractivity contribution in [2.75, 3.05) is 68.4 Å². The molecule has 11 nitrogen and oxygen atoms in total. The Morgan fingerprint density at radius 2 is 1.80 bits per heavy atom. The van der Waals surface area contributed by atoms with Crippen molar-refractivity contribution in [1.29, 1.82) is 5.41 Å². The van der Waals surface area contributed by atoms with Crippen LogP contribution in [0.25, 0.3) is 21.6 Å². The number of nitrogen functional groups attached to an aromatic ring is 1. The van der Waals surface area contributed by atoms with Gasteiger partial charge in [-0.3, -0.25) is 14.5 Å². The fourth-order valence-corrected chi connectivity index (χ4v) is 6.65. The van der Waals surface area contributed by atoms with Gasteiger partial charge in [-0.1, -0.05) is 18.7 Å². The number of nitrogens with two attached hydrogens (primary N) is 1. The molecule has 2 saturated heterocycles. The topological polar surface area (TPSA) is 141 Å². The van der Waals surface area contributed by atoms with Crippen LogP contribution in [0.4, 0.5) is 17.2 Å². The van der Waals surface area contributed by atoms with Crippen molar-refractivity contribution in [3.63, 3.8) is 0 Å². The molecule has 2 amide bonds. The van der Waals surface area contributed by atoms with E-state index in [0.29, 0.717) is 54.6 Å². The van der Waals surface area contributed by atoms with Gasteiger partial charge < -0.3 is 31.0 Å². The van der Waals surface area contributed by atoms with Crippen LogP contribution in [0.3, 0.4) is 0 Å². The largest absolute Gasteiger partial charge is 0.398 e. The molecular weight excluding hydrogens is 576 g/mol. The Morgan fingerprint density at radius 3 is 2.50 bits per heavy atom. The molecule has 4 aromatic rings. The maximum atomic E-state index is 13.1. The molecule has 4 N–H and O–H groups in total. The molecule has 0 bridgehead atoms. The standard InChI is InChI=1S/C32H34N8O3S/c1-2-28(41)35-22-8-6-21(7-9-22)32(42)40-12-10-38(11-13-40)20-23-18-27-29(44-23)31(39-14-16-43-17-15-39)37-30(36-27)24-4-3-5-26(34)25(24)19-33/h2-9,18-19,33H,1,10-17,20,34H2,(H,35,41). The SMILES string of the molecule is C=CC(=O)Nc1ccc(C(=O)N2CCN(Cc3cc4nc(-c5cccc(N)c5C=N)nc(N5CCOCC5)c4s3)CC2)cc1. The summed E-state index contributed by atoms with van der Waals surface area (Å²) in [6.07, 6.45) is 2.47. The summed E-state index contributed by atoms with van der Waals surface area (Å²) in [5, 5.41) is 10.6. The molecule has 0 aliphatic carbocycles. The summed E-state index contributed by atoms with van der Waals surface area (Å²) in [4.78, 5) is 42.3. The number of benzene rings is 2. The normalized spacial score (nSPS) is 15.7. The number of anilines is 3. The number of amides is 2. The average Bonchev–Trinajstić information content (AvgIpc) is 3.47. The first-order valence-electron chi connectivity index (χ1n) is 14.5. The molecule has 4 heterocycles. The molecule has 0 unspecified atom stereocenters. The zero-order valence-corrected chi connectivity index (χ0v) is 25.1. The molecule has 2 aromatic carbocycles. The van der Waals surface area contributed by atoms with E-state index in [1.165, 1.54) is 17.2 Å². The highest BCUT2D eigenvalue weighted by atomic mass is 32.1. The molecule has 12 heteroatoms. The van der Waals surface area contributed by atoms with Gasteiger partial charge in [0.05, 0.1) is 23.4 Å². The smallest absolute Gasteiger partial charge is 0.253 e. The van der Waals surface area contributed by atoms with E-state index in [1.54, 1.807) is 41.7 Å². The van der Waals surface area contributed by atoms with Crippen LogP contribution in [-0.2, 0) is 16.1 Å². The van der Waals surface area contributed by atoms with E-state index in [1.807, 2.05) is 17.0 Å². The van der Waals surface area contributed by atoms with Crippen molar-refractivity contribution in [1.82, 2.24) is 19.8 Å². The van der Waals surface area contributed by atoms with Crippen LogP contribution in [0, 0.1) is 5.41 Å². The number of nitrogens with zero attached hydrogens (tertiary/aromatic N) is 5. The number of carbonyl (C=O) groups is 2. The number of thiophene rings is 1. The van der Waals surface area contributed by atoms with Gasteiger partial charge in [0.25, 0.3) is 5.91 Å². The summed E-state index contributed by atoms with van der Waals surface area (Å²) < 4.78 is 6.64. The van der Waals surface area contributed by atoms with Gasteiger partial charge in [0.1, 0.15) is 0 Å². The highest BCUT2D eigenvalue weighted by Gasteiger charge is 2.25. The Morgan fingerprint density at radius 1 is 1.05 bits per heavy atom. The lowest BCUT2D eigenvalue weighted by Gasteiger charge is -2.34. The predicted molar refractivity (Wildman–Crippen MR) is 175 cm³/mol. The number of hydrogen-bond acceptors (Lipinski definition) is 10. The molecular formula is C32H34N8O3S. The average molecular weight is 611 g/mol. The van der Waals surface area contributed by atoms with Crippen LogP contribution >= 0.6 is 11.3 Å². The number of aromatic nitrogens is 2. The number of piperazine rings is 1. The Hall–Kier alpha value is -4.65. The lowest BCUT2D eigenvalue weighted by atomic mass is 10.1.